The molecule has 1 aliphatic carbocycles. The Morgan fingerprint density at radius 2 is 1.52 bits per heavy atom. The van der Waals surface area contributed by atoms with E-state index in [4.69, 9.17) is 4.98 Å². The minimum absolute atomic E-state index is 0.367. The molecule has 2 heterocycles. The topological polar surface area (TPSA) is 25.8 Å². The number of aromatic nitrogens is 2. The number of benzene rings is 2. The molecule has 0 N–H and O–H groups in total. The molecule has 2 aromatic heterocycles. The van der Waals surface area contributed by atoms with E-state index in [0.717, 1.165) is 46.8 Å². The number of nitrogens with zero attached hydrogens (tertiary/aromatic N) is 2. The van der Waals surface area contributed by atoms with Crippen molar-refractivity contribution in [3.8, 4) is 0 Å². The molecule has 1 fully saturated rings. The molecule has 5 heteroatoms. The first-order chi connectivity index (χ1) is 14.0. The van der Waals surface area contributed by atoms with E-state index in [-0.39, 0.29) is 0 Å². The molecule has 0 amide bonds. The SMILES string of the molecule is FC(F)(F)c1ccc2cc(CCc3ccc4nc(C5CC5)ccc4c3)cnc2c1. The van der Waals surface area contributed by atoms with Gasteiger partial charge in [0.25, 0.3) is 0 Å². The molecule has 1 aliphatic rings. The molecule has 0 spiro atoms. The van der Waals surface area contributed by atoms with Crippen molar-refractivity contribution in [2.75, 3.05) is 0 Å². The van der Waals surface area contributed by atoms with Crippen LogP contribution in [-0.4, -0.2) is 9.97 Å². The molecule has 2 nitrogen and oxygen atoms in total. The van der Waals surface area contributed by atoms with Gasteiger partial charge in [0.1, 0.15) is 0 Å². The molecule has 146 valence electrons. The van der Waals surface area contributed by atoms with Gasteiger partial charge < -0.3 is 0 Å². The smallest absolute Gasteiger partial charge is 0.256 e. The van der Waals surface area contributed by atoms with E-state index in [0.29, 0.717) is 11.4 Å². The predicted molar refractivity (Wildman–Crippen MR) is 108 cm³/mol. The number of hydrogen-bond donors (Lipinski definition) is 0. The highest BCUT2D eigenvalue weighted by molar-refractivity contribution is 5.80. The van der Waals surface area contributed by atoms with Crippen LogP contribution in [0.4, 0.5) is 13.2 Å². The van der Waals surface area contributed by atoms with Gasteiger partial charge in [-0.05, 0) is 73.2 Å². The molecular formula is C24H19F3N2. The van der Waals surface area contributed by atoms with Gasteiger partial charge in [-0.2, -0.15) is 13.2 Å². The molecule has 0 atom stereocenters. The Kier molecular flexibility index (Phi) is 4.26. The third kappa shape index (κ3) is 3.82. The van der Waals surface area contributed by atoms with Crippen LogP contribution in [0.1, 0.15) is 41.1 Å². The van der Waals surface area contributed by atoms with Crippen LogP contribution in [-0.2, 0) is 19.0 Å². The quantitative estimate of drug-likeness (QED) is 0.398. The van der Waals surface area contributed by atoms with Gasteiger partial charge in [-0.1, -0.05) is 18.2 Å². The Balaban J connectivity index is 1.33. The Morgan fingerprint density at radius 1 is 0.793 bits per heavy atom. The summed E-state index contributed by atoms with van der Waals surface area (Å²) in [6.45, 7) is 0. The van der Waals surface area contributed by atoms with Crippen molar-refractivity contribution in [3.63, 3.8) is 0 Å². The van der Waals surface area contributed by atoms with E-state index < -0.39 is 11.7 Å². The van der Waals surface area contributed by atoms with Gasteiger partial charge in [0.15, 0.2) is 0 Å². The zero-order valence-electron chi connectivity index (χ0n) is 15.7. The normalized spacial score (nSPS) is 14.6. The molecule has 0 saturated heterocycles. The van der Waals surface area contributed by atoms with Crippen LogP contribution >= 0.6 is 0 Å². The molecule has 0 unspecified atom stereocenters. The number of hydrogen-bond acceptors (Lipinski definition) is 2. The number of rotatable bonds is 4. The van der Waals surface area contributed by atoms with Gasteiger partial charge in [-0.25, -0.2) is 0 Å². The van der Waals surface area contributed by atoms with Crippen LogP contribution in [0.15, 0.2) is 60.8 Å². The summed E-state index contributed by atoms with van der Waals surface area (Å²) in [5.74, 6) is 0.645. The summed E-state index contributed by atoms with van der Waals surface area (Å²) in [6, 6.07) is 16.3. The lowest BCUT2D eigenvalue weighted by molar-refractivity contribution is -0.137. The number of halogens is 3. The largest absolute Gasteiger partial charge is 0.416 e. The summed E-state index contributed by atoms with van der Waals surface area (Å²) < 4.78 is 38.5. The monoisotopic (exact) mass is 392 g/mol. The third-order valence-corrected chi connectivity index (χ3v) is 5.54. The molecule has 0 bridgehead atoms. The average molecular weight is 392 g/mol. The van der Waals surface area contributed by atoms with Crippen LogP contribution in [0.25, 0.3) is 21.8 Å². The number of aryl methyl sites for hydroxylation is 2. The summed E-state index contributed by atoms with van der Waals surface area (Å²) in [4.78, 5) is 9.00. The van der Waals surface area contributed by atoms with Gasteiger partial charge in [0.2, 0.25) is 0 Å². The van der Waals surface area contributed by atoms with Crippen molar-refractivity contribution in [2.24, 2.45) is 0 Å². The van der Waals surface area contributed by atoms with Crippen molar-refractivity contribution in [1.29, 1.82) is 0 Å². The Hall–Kier alpha value is -2.95. The summed E-state index contributed by atoms with van der Waals surface area (Å²) in [5.41, 5.74) is 4.16. The lowest BCUT2D eigenvalue weighted by Gasteiger charge is -2.09. The number of pyridine rings is 2. The van der Waals surface area contributed by atoms with Crippen molar-refractivity contribution in [2.45, 2.75) is 37.8 Å². The second kappa shape index (κ2) is 6.83. The van der Waals surface area contributed by atoms with Gasteiger partial charge in [0.05, 0.1) is 16.6 Å². The Morgan fingerprint density at radius 3 is 2.31 bits per heavy atom. The predicted octanol–water partition coefficient (Wildman–Crippen LogP) is 6.46. The second-order valence-corrected chi connectivity index (χ2v) is 7.79. The van der Waals surface area contributed by atoms with E-state index in [1.807, 2.05) is 6.07 Å². The van der Waals surface area contributed by atoms with E-state index in [2.05, 4.69) is 35.3 Å². The van der Waals surface area contributed by atoms with Gasteiger partial charge in [-0.15, -0.1) is 0 Å². The first-order valence-corrected chi connectivity index (χ1v) is 9.81. The molecule has 1 saturated carbocycles. The number of fused-ring (bicyclic) bond motifs is 2. The second-order valence-electron chi connectivity index (χ2n) is 7.79. The average Bonchev–Trinajstić information content (AvgIpc) is 3.56. The maximum absolute atomic E-state index is 12.8. The van der Waals surface area contributed by atoms with E-state index in [1.165, 1.54) is 30.2 Å². The first kappa shape index (κ1) is 18.1. The number of alkyl halides is 3. The highest BCUT2D eigenvalue weighted by Gasteiger charge is 2.30. The molecule has 5 rings (SSSR count). The van der Waals surface area contributed by atoms with Crippen molar-refractivity contribution in [1.82, 2.24) is 9.97 Å². The lowest BCUT2D eigenvalue weighted by atomic mass is 10.0. The van der Waals surface area contributed by atoms with E-state index in [1.54, 1.807) is 6.20 Å². The van der Waals surface area contributed by atoms with E-state index >= 15 is 0 Å². The molecule has 29 heavy (non-hydrogen) atoms. The van der Waals surface area contributed by atoms with Crippen molar-refractivity contribution < 1.29 is 13.2 Å². The first-order valence-electron chi connectivity index (χ1n) is 9.81. The minimum Gasteiger partial charge on any atom is -0.256 e. The van der Waals surface area contributed by atoms with E-state index in [9.17, 15) is 13.2 Å². The highest BCUT2D eigenvalue weighted by atomic mass is 19.4. The summed E-state index contributed by atoms with van der Waals surface area (Å²) in [6.07, 6.45) is 1.44. The van der Waals surface area contributed by atoms with Crippen molar-refractivity contribution in [3.05, 3.63) is 83.2 Å². The van der Waals surface area contributed by atoms with Crippen LogP contribution in [0, 0.1) is 0 Å². The summed E-state index contributed by atoms with van der Waals surface area (Å²) in [7, 11) is 0. The molecule has 4 aromatic rings. The fourth-order valence-corrected chi connectivity index (χ4v) is 3.72. The highest BCUT2D eigenvalue weighted by Crippen LogP contribution is 2.39. The van der Waals surface area contributed by atoms with Crippen LogP contribution in [0.5, 0.6) is 0 Å². The standard InChI is InChI=1S/C24H19F3N2/c25-24(26,27)20-8-6-19-12-16(14-28-23(19)13-20)2-1-15-3-9-22-18(11-15)7-10-21(29-22)17-4-5-17/h3,6-14,17H,1-2,4-5H2. The zero-order valence-corrected chi connectivity index (χ0v) is 15.7. The summed E-state index contributed by atoms with van der Waals surface area (Å²) >= 11 is 0. The molecular weight excluding hydrogens is 373 g/mol. The van der Waals surface area contributed by atoms with Crippen LogP contribution < -0.4 is 0 Å². The third-order valence-electron chi connectivity index (χ3n) is 5.54. The maximum atomic E-state index is 12.8. The van der Waals surface area contributed by atoms with Gasteiger partial charge in [0, 0.05) is 28.6 Å². The minimum atomic E-state index is -4.35. The maximum Gasteiger partial charge on any atom is 0.416 e. The summed E-state index contributed by atoms with van der Waals surface area (Å²) in [5, 5.41) is 1.87. The lowest BCUT2D eigenvalue weighted by Crippen LogP contribution is -2.04. The Labute approximate surface area is 166 Å². The molecule has 0 radical (unpaired) electrons. The fourth-order valence-electron chi connectivity index (χ4n) is 3.72. The molecule has 0 aliphatic heterocycles. The van der Waals surface area contributed by atoms with Crippen LogP contribution in [0.3, 0.4) is 0 Å². The van der Waals surface area contributed by atoms with Crippen molar-refractivity contribution >= 4 is 21.8 Å². The van der Waals surface area contributed by atoms with Gasteiger partial charge >= 0.3 is 6.18 Å². The zero-order chi connectivity index (χ0) is 20.0. The van der Waals surface area contributed by atoms with Gasteiger partial charge in [-0.3, -0.25) is 9.97 Å². The molecule has 2 aromatic carbocycles. The van der Waals surface area contributed by atoms with Crippen LogP contribution in [0.2, 0.25) is 0 Å². The Bertz CT molecular complexity index is 1210. The fraction of sp³-hybridized carbons (Fsp3) is 0.250.